The summed E-state index contributed by atoms with van der Waals surface area (Å²) in [6.07, 6.45) is -0.0331. The van der Waals surface area contributed by atoms with Gasteiger partial charge in [-0.25, -0.2) is 18.2 Å². The van der Waals surface area contributed by atoms with Crippen molar-refractivity contribution in [2.24, 2.45) is 4.40 Å². The van der Waals surface area contributed by atoms with Crippen molar-refractivity contribution in [3.63, 3.8) is 0 Å². The van der Waals surface area contributed by atoms with Crippen LogP contribution in [0.3, 0.4) is 0 Å². The van der Waals surface area contributed by atoms with E-state index in [0.717, 1.165) is 44.5 Å². The first-order chi connectivity index (χ1) is 24.0. The molecular weight excluding hydrogens is 730 g/mol. The van der Waals surface area contributed by atoms with Crippen LogP contribution in [0.25, 0.3) is 16.3 Å². The zero-order valence-corrected chi connectivity index (χ0v) is 30.0. The number of piperazine rings is 1. The van der Waals surface area contributed by atoms with Crippen LogP contribution < -0.4 is 5.43 Å². The van der Waals surface area contributed by atoms with E-state index in [1.807, 2.05) is 12.1 Å². The molecule has 2 aliphatic heterocycles. The molecule has 50 heavy (non-hydrogen) atoms. The van der Waals surface area contributed by atoms with Gasteiger partial charge in [0, 0.05) is 49.9 Å². The van der Waals surface area contributed by atoms with Crippen LogP contribution in [-0.4, -0.2) is 86.6 Å². The Morgan fingerprint density at radius 3 is 2.38 bits per heavy atom. The van der Waals surface area contributed by atoms with Crippen molar-refractivity contribution in [3.05, 3.63) is 91.9 Å². The lowest BCUT2D eigenvalue weighted by Crippen LogP contribution is -2.45. The number of hydrogen-bond donors (Lipinski definition) is 1. The van der Waals surface area contributed by atoms with E-state index >= 15 is 0 Å². The molecule has 6 rings (SSSR count). The topological polar surface area (TPSA) is 86.1 Å². The number of rotatable bonds is 7. The van der Waals surface area contributed by atoms with E-state index < -0.39 is 28.8 Å². The van der Waals surface area contributed by atoms with Crippen molar-refractivity contribution in [1.82, 2.24) is 29.4 Å². The van der Waals surface area contributed by atoms with Crippen LogP contribution in [-0.2, 0) is 17.3 Å². The van der Waals surface area contributed by atoms with Crippen LogP contribution in [0.15, 0.2) is 59.0 Å². The number of amides is 1. The number of likely N-dealkylation sites (N-methyl/N-ethyl adjacent to an activating group) is 1. The maximum absolute atomic E-state index is 13.9. The van der Waals surface area contributed by atoms with Crippen molar-refractivity contribution >= 4 is 57.8 Å². The molecule has 1 atom stereocenters. The number of aromatic nitrogens is 2. The lowest BCUT2D eigenvalue weighted by Gasteiger charge is -2.29. The SMILES string of the molecule is CN1CCN(S(=O)N=Cc2c(C(=O)NN3CCCCC3)nn(-c3ccc(Cl)cc3Cl)c2-c2ccc(C#Cc3ccc(C(F)(F)F)cc3)s2)CC1. The lowest BCUT2D eigenvalue weighted by atomic mass is 10.1. The number of carbonyl (C=O) groups excluding carboxylic acids is 1. The summed E-state index contributed by atoms with van der Waals surface area (Å²) in [5.74, 6) is 5.49. The number of hydrogen-bond acceptors (Lipinski definition) is 6. The van der Waals surface area contributed by atoms with Crippen LogP contribution in [0.1, 0.15) is 51.3 Å². The van der Waals surface area contributed by atoms with Gasteiger partial charge in [0.15, 0.2) is 5.69 Å². The second-order valence-electron chi connectivity index (χ2n) is 11.8. The van der Waals surface area contributed by atoms with E-state index in [1.54, 1.807) is 39.3 Å². The standard InChI is InChI=1S/C34H32Cl2F3N7O2S2/c1-43-17-19-45(20-18-43)50(48)40-22-27-31(33(47)42-44-15-3-2-4-16-44)41-46(29-13-10-25(35)21-28(29)36)32(27)30-14-12-26(49-30)11-7-23-5-8-24(9-6-23)34(37,38)39/h5-6,8-10,12-14,21-22H,2-4,15-20H2,1H3,(H,42,47). The Labute approximate surface area is 304 Å². The fraction of sp³-hybridized carbons (Fsp3) is 0.324. The summed E-state index contributed by atoms with van der Waals surface area (Å²) in [5, 5.41) is 7.33. The highest BCUT2D eigenvalue weighted by Gasteiger charge is 2.30. The van der Waals surface area contributed by atoms with E-state index in [0.29, 0.717) is 63.5 Å². The fourth-order valence-electron chi connectivity index (χ4n) is 5.50. The molecule has 0 bridgehead atoms. The average molecular weight is 763 g/mol. The molecule has 4 aromatic rings. The van der Waals surface area contributed by atoms with Gasteiger partial charge in [-0.05, 0) is 74.5 Å². The molecule has 0 spiro atoms. The number of hydrazine groups is 1. The van der Waals surface area contributed by atoms with Crippen LogP contribution >= 0.6 is 34.5 Å². The number of carbonyl (C=O) groups is 1. The van der Waals surface area contributed by atoms with Gasteiger partial charge >= 0.3 is 6.18 Å². The van der Waals surface area contributed by atoms with E-state index in [4.69, 9.17) is 28.3 Å². The maximum atomic E-state index is 13.9. The Kier molecular flexibility index (Phi) is 11.4. The predicted octanol–water partition coefficient (Wildman–Crippen LogP) is 6.70. The fourth-order valence-corrected chi connectivity index (χ4v) is 7.70. The molecule has 1 N–H and O–H groups in total. The Balaban J connectivity index is 1.43. The molecular formula is C34H32Cl2F3N7O2S2. The monoisotopic (exact) mass is 761 g/mol. The molecule has 1 unspecified atom stereocenters. The van der Waals surface area contributed by atoms with Gasteiger partial charge < -0.3 is 4.90 Å². The zero-order chi connectivity index (χ0) is 35.4. The number of nitrogens with one attached hydrogen (secondary N) is 1. The number of benzene rings is 2. The van der Waals surface area contributed by atoms with Crippen LogP contribution in [0.4, 0.5) is 13.2 Å². The van der Waals surface area contributed by atoms with Crippen molar-refractivity contribution < 1.29 is 22.2 Å². The Hall–Kier alpha value is -3.55. The van der Waals surface area contributed by atoms with Gasteiger partial charge in [0.05, 0.1) is 43.5 Å². The number of nitrogens with zero attached hydrogens (tertiary/aromatic N) is 6. The van der Waals surface area contributed by atoms with E-state index in [-0.39, 0.29) is 10.7 Å². The maximum Gasteiger partial charge on any atom is 0.416 e. The van der Waals surface area contributed by atoms with Crippen molar-refractivity contribution in [2.45, 2.75) is 25.4 Å². The molecule has 16 heteroatoms. The Bertz CT molecular complexity index is 1970. The third kappa shape index (κ3) is 8.66. The number of piperidine rings is 1. The number of alkyl halides is 3. The van der Waals surface area contributed by atoms with Crippen LogP contribution in [0.5, 0.6) is 0 Å². The van der Waals surface area contributed by atoms with E-state index in [2.05, 4.69) is 26.6 Å². The van der Waals surface area contributed by atoms with Gasteiger partial charge in [0.2, 0.25) is 11.2 Å². The molecule has 0 radical (unpaired) electrons. The normalized spacial score (nSPS) is 17.1. The summed E-state index contributed by atoms with van der Waals surface area (Å²) in [6.45, 7) is 4.03. The molecule has 1 amide bonds. The molecule has 2 saturated heterocycles. The first kappa shape index (κ1) is 36.2. The predicted molar refractivity (Wildman–Crippen MR) is 192 cm³/mol. The van der Waals surface area contributed by atoms with E-state index in [9.17, 15) is 22.2 Å². The summed E-state index contributed by atoms with van der Waals surface area (Å²) in [4.78, 5) is 17.3. The van der Waals surface area contributed by atoms with Gasteiger partial charge in [-0.1, -0.05) is 41.5 Å². The van der Waals surface area contributed by atoms with Gasteiger partial charge in [0.25, 0.3) is 5.91 Å². The third-order valence-electron chi connectivity index (χ3n) is 8.23. The molecule has 262 valence electrons. The van der Waals surface area contributed by atoms with Gasteiger partial charge in [-0.3, -0.25) is 10.2 Å². The quantitative estimate of drug-likeness (QED) is 0.167. The molecule has 2 fully saturated rings. The van der Waals surface area contributed by atoms with Crippen molar-refractivity contribution in [1.29, 1.82) is 0 Å². The van der Waals surface area contributed by atoms with Crippen molar-refractivity contribution in [2.75, 3.05) is 46.3 Å². The summed E-state index contributed by atoms with van der Waals surface area (Å²) >= 11 is 12.5. The Morgan fingerprint density at radius 2 is 1.70 bits per heavy atom. The molecule has 0 saturated carbocycles. The van der Waals surface area contributed by atoms with Gasteiger partial charge in [-0.2, -0.15) is 22.7 Å². The average Bonchev–Trinajstić information content (AvgIpc) is 3.71. The summed E-state index contributed by atoms with van der Waals surface area (Å²) in [6, 6.07) is 13.1. The summed E-state index contributed by atoms with van der Waals surface area (Å²) in [5.41, 5.74) is 3.94. The molecule has 2 aromatic carbocycles. The molecule has 2 aliphatic rings. The van der Waals surface area contributed by atoms with Crippen LogP contribution in [0.2, 0.25) is 10.0 Å². The first-order valence-corrected chi connectivity index (χ1v) is 18.4. The number of thiophene rings is 1. The molecule has 9 nitrogen and oxygen atoms in total. The highest BCUT2D eigenvalue weighted by molar-refractivity contribution is 7.81. The smallest absolute Gasteiger partial charge is 0.304 e. The Morgan fingerprint density at radius 1 is 0.980 bits per heavy atom. The van der Waals surface area contributed by atoms with E-state index in [1.165, 1.54) is 29.7 Å². The highest BCUT2D eigenvalue weighted by atomic mass is 35.5. The minimum Gasteiger partial charge on any atom is -0.304 e. The van der Waals surface area contributed by atoms with Crippen molar-refractivity contribution in [3.8, 4) is 28.1 Å². The van der Waals surface area contributed by atoms with Gasteiger partial charge in [-0.15, -0.1) is 11.3 Å². The zero-order valence-electron chi connectivity index (χ0n) is 26.8. The molecule has 0 aliphatic carbocycles. The minimum atomic E-state index is -4.44. The highest BCUT2D eigenvalue weighted by Crippen LogP contribution is 2.36. The second-order valence-corrected chi connectivity index (χ2v) is 14.9. The minimum absolute atomic E-state index is 0.0570. The summed E-state index contributed by atoms with van der Waals surface area (Å²) < 4.78 is 60.2. The third-order valence-corrected chi connectivity index (χ3v) is 10.9. The number of halogens is 5. The van der Waals surface area contributed by atoms with Crippen LogP contribution in [0, 0.1) is 11.8 Å². The molecule has 2 aromatic heterocycles. The van der Waals surface area contributed by atoms with Gasteiger partial charge in [0.1, 0.15) is 0 Å². The summed E-state index contributed by atoms with van der Waals surface area (Å²) in [7, 11) is 2.00. The lowest BCUT2D eigenvalue weighted by molar-refractivity contribution is -0.137. The second kappa shape index (κ2) is 15.8. The largest absolute Gasteiger partial charge is 0.416 e. The molecule has 4 heterocycles. The first-order valence-electron chi connectivity index (χ1n) is 15.8.